The number of imidazole rings is 1. The van der Waals surface area contributed by atoms with Gasteiger partial charge in [0.05, 0.1) is 5.52 Å². The summed E-state index contributed by atoms with van der Waals surface area (Å²) in [5.74, 6) is 0.128. The maximum Gasteiger partial charge on any atom is 0.252 e. The Morgan fingerprint density at radius 3 is 2.57 bits per heavy atom. The van der Waals surface area contributed by atoms with Crippen LogP contribution in [0.15, 0.2) is 60.7 Å². The number of aromatic amines is 2. The highest BCUT2D eigenvalue weighted by molar-refractivity contribution is 6.02. The van der Waals surface area contributed by atoms with E-state index in [0.717, 1.165) is 39.2 Å². The van der Waals surface area contributed by atoms with E-state index in [1.54, 1.807) is 18.2 Å². The van der Waals surface area contributed by atoms with Gasteiger partial charge in [0.25, 0.3) is 5.91 Å². The topological polar surface area (TPSA) is 159 Å². The van der Waals surface area contributed by atoms with Crippen LogP contribution < -0.4 is 21.7 Å². The second-order valence-electron chi connectivity index (χ2n) is 8.90. The Morgan fingerprint density at radius 2 is 1.84 bits per heavy atom. The summed E-state index contributed by atoms with van der Waals surface area (Å²) in [6, 6.07) is 17.9. The number of hydrogen-bond donors (Lipinski definition) is 5. The molecule has 0 aliphatic rings. The fraction of sp³-hybridized carbons (Fsp3) is 0.185. The average molecular weight is 497 g/mol. The lowest BCUT2D eigenvalue weighted by molar-refractivity contribution is -0.119. The Bertz CT molecular complexity index is 1610. The predicted molar refractivity (Wildman–Crippen MR) is 145 cm³/mol. The molecular weight excluding hydrogens is 468 g/mol. The number of carbonyl (C=O) groups is 2. The molecule has 5 rings (SSSR count). The van der Waals surface area contributed by atoms with Gasteiger partial charge in [-0.2, -0.15) is 0 Å². The van der Waals surface area contributed by atoms with Gasteiger partial charge in [-0.1, -0.05) is 18.2 Å². The molecule has 10 heteroatoms. The van der Waals surface area contributed by atoms with Crippen LogP contribution in [0.2, 0.25) is 0 Å². The van der Waals surface area contributed by atoms with Crippen molar-refractivity contribution in [3.05, 3.63) is 72.1 Å². The number of nitrogens with zero attached hydrogens (tertiary/aromatic N) is 3. The molecule has 0 radical (unpaired) electrons. The minimum Gasteiger partial charge on any atom is -0.384 e. The summed E-state index contributed by atoms with van der Waals surface area (Å²) < 4.78 is 0. The lowest BCUT2D eigenvalue weighted by Gasteiger charge is -2.27. The lowest BCUT2D eigenvalue weighted by Crippen LogP contribution is -2.51. The average Bonchev–Trinajstić information content (AvgIpc) is 3.48. The molecule has 3 heterocycles. The molecule has 0 aliphatic carbocycles. The number of hydrogen-bond acceptors (Lipinski definition) is 6. The van der Waals surface area contributed by atoms with Crippen molar-refractivity contribution in [2.45, 2.75) is 19.9 Å². The Balaban J connectivity index is 1.40. The van der Waals surface area contributed by atoms with Gasteiger partial charge < -0.3 is 31.7 Å². The highest BCUT2D eigenvalue weighted by Gasteiger charge is 2.22. The summed E-state index contributed by atoms with van der Waals surface area (Å²) >= 11 is 0. The number of para-hydroxylation sites is 1. The first-order valence-electron chi connectivity index (χ1n) is 12.0. The number of rotatable bonds is 8. The summed E-state index contributed by atoms with van der Waals surface area (Å²) in [6.45, 7) is 4.77. The van der Waals surface area contributed by atoms with Gasteiger partial charge in [0.15, 0.2) is 5.65 Å². The van der Waals surface area contributed by atoms with Gasteiger partial charge in [-0.3, -0.25) is 9.59 Å². The molecular formula is C27H28N8O2. The zero-order valence-electron chi connectivity index (χ0n) is 20.6. The molecule has 10 nitrogen and oxygen atoms in total. The summed E-state index contributed by atoms with van der Waals surface area (Å²) in [5.41, 5.74) is 16.8. The molecule has 0 spiro atoms. The minimum absolute atomic E-state index is 0.265. The number of fused-ring (bicyclic) bond motifs is 2. The van der Waals surface area contributed by atoms with E-state index >= 15 is 0 Å². The maximum atomic E-state index is 13.1. The Labute approximate surface area is 213 Å². The van der Waals surface area contributed by atoms with Gasteiger partial charge in [-0.15, -0.1) is 0 Å². The van der Waals surface area contributed by atoms with Crippen molar-refractivity contribution in [1.82, 2.24) is 25.3 Å². The van der Waals surface area contributed by atoms with E-state index < -0.39 is 11.9 Å². The van der Waals surface area contributed by atoms with E-state index in [2.05, 4.69) is 25.3 Å². The number of H-pyrrole nitrogens is 2. The molecule has 2 aromatic carbocycles. The smallest absolute Gasteiger partial charge is 0.252 e. The summed E-state index contributed by atoms with van der Waals surface area (Å²) in [4.78, 5) is 42.6. The lowest BCUT2D eigenvalue weighted by atomic mass is 10.1. The number of likely N-dealkylation sites (N-methyl/N-ethyl adjacent to an activating group) is 1. The fourth-order valence-electron chi connectivity index (χ4n) is 4.48. The molecule has 188 valence electrons. The monoisotopic (exact) mass is 496 g/mol. The minimum atomic E-state index is -0.859. The largest absolute Gasteiger partial charge is 0.384 e. The van der Waals surface area contributed by atoms with E-state index in [1.807, 2.05) is 61.2 Å². The zero-order valence-corrected chi connectivity index (χ0v) is 20.6. The Morgan fingerprint density at radius 1 is 1.05 bits per heavy atom. The van der Waals surface area contributed by atoms with Crippen molar-refractivity contribution < 1.29 is 9.59 Å². The number of pyridine rings is 1. The van der Waals surface area contributed by atoms with Gasteiger partial charge in [0.2, 0.25) is 5.91 Å². The van der Waals surface area contributed by atoms with Gasteiger partial charge in [0.1, 0.15) is 17.7 Å². The quantitative estimate of drug-likeness (QED) is 0.222. The van der Waals surface area contributed by atoms with Crippen molar-refractivity contribution in [2.24, 2.45) is 5.73 Å². The van der Waals surface area contributed by atoms with Gasteiger partial charge in [-0.05, 0) is 56.3 Å². The number of nitrogen functional groups attached to an aromatic ring is 1. The third-order valence-corrected chi connectivity index (χ3v) is 6.33. The number of primary amides is 1. The fourth-order valence-corrected chi connectivity index (χ4v) is 4.48. The van der Waals surface area contributed by atoms with Gasteiger partial charge in [0, 0.05) is 46.5 Å². The van der Waals surface area contributed by atoms with Crippen LogP contribution >= 0.6 is 0 Å². The van der Waals surface area contributed by atoms with Crippen molar-refractivity contribution in [3.8, 4) is 11.3 Å². The van der Waals surface area contributed by atoms with Crippen LogP contribution in [-0.2, 0) is 4.79 Å². The number of carbonyl (C=O) groups excluding carboxylic acids is 2. The number of aromatic nitrogens is 4. The van der Waals surface area contributed by atoms with Crippen molar-refractivity contribution >= 4 is 45.4 Å². The van der Waals surface area contributed by atoms with Gasteiger partial charge >= 0.3 is 0 Å². The first-order chi connectivity index (χ1) is 17.8. The van der Waals surface area contributed by atoms with E-state index in [4.69, 9.17) is 11.5 Å². The third-order valence-electron chi connectivity index (χ3n) is 6.33. The number of benzene rings is 2. The Kier molecular flexibility index (Phi) is 6.22. The molecule has 3 aromatic heterocycles. The highest BCUT2D eigenvalue weighted by atomic mass is 16.2. The molecule has 0 bridgehead atoms. The number of aryl methyl sites for hydroxylation is 1. The van der Waals surface area contributed by atoms with Crippen molar-refractivity contribution in [2.75, 3.05) is 23.7 Å². The van der Waals surface area contributed by atoms with Gasteiger partial charge in [-0.25, -0.2) is 9.97 Å². The van der Waals surface area contributed by atoms with Crippen LogP contribution in [0.25, 0.3) is 33.3 Å². The zero-order chi connectivity index (χ0) is 26.1. The first kappa shape index (κ1) is 23.9. The van der Waals surface area contributed by atoms with E-state index in [9.17, 15) is 9.59 Å². The van der Waals surface area contributed by atoms with Crippen LogP contribution in [0.4, 0.5) is 11.5 Å². The van der Waals surface area contributed by atoms with Crippen LogP contribution in [0.5, 0.6) is 0 Å². The molecule has 2 amide bonds. The van der Waals surface area contributed by atoms with E-state index in [-0.39, 0.29) is 12.5 Å². The molecule has 0 fully saturated rings. The standard InChI is InChI=1S/C27H28N8O2/c1-3-35(18-7-5-4-6-8-18)14-22(25(29)36)33-27(37)16-9-10-20-17(11-16)12-21(32-20)19-13-23(28)34-26-24(19)30-15(2)31-26/h4-13,22,32H,3,14H2,1-2H3,(H2,29,36)(H,33,37)(H3,28,30,31,34)/t22-/m0/s1. The van der Waals surface area contributed by atoms with Crippen LogP contribution in [0.1, 0.15) is 23.1 Å². The van der Waals surface area contributed by atoms with Crippen molar-refractivity contribution in [3.63, 3.8) is 0 Å². The normalized spacial score (nSPS) is 12.1. The number of anilines is 2. The van der Waals surface area contributed by atoms with Crippen LogP contribution in [0, 0.1) is 6.92 Å². The summed E-state index contributed by atoms with van der Waals surface area (Å²) in [7, 11) is 0. The molecule has 0 unspecified atom stereocenters. The molecule has 1 atom stereocenters. The summed E-state index contributed by atoms with van der Waals surface area (Å²) in [6.07, 6.45) is 0. The SMILES string of the molecule is CCN(C[C@H](NC(=O)c1ccc2[nH]c(-c3cc(N)nc4nc(C)[nH]c34)cc2c1)C(N)=O)c1ccccc1. The molecule has 5 aromatic rings. The van der Waals surface area contributed by atoms with E-state index in [1.165, 1.54) is 0 Å². The summed E-state index contributed by atoms with van der Waals surface area (Å²) in [5, 5.41) is 3.63. The second-order valence-corrected chi connectivity index (χ2v) is 8.90. The van der Waals surface area contributed by atoms with E-state index in [0.29, 0.717) is 23.6 Å². The first-order valence-corrected chi connectivity index (χ1v) is 12.0. The number of amides is 2. The molecule has 0 saturated heterocycles. The number of nitrogens with one attached hydrogen (secondary N) is 3. The maximum absolute atomic E-state index is 13.1. The highest BCUT2D eigenvalue weighted by Crippen LogP contribution is 2.30. The van der Waals surface area contributed by atoms with Crippen molar-refractivity contribution in [1.29, 1.82) is 0 Å². The predicted octanol–water partition coefficient (Wildman–Crippen LogP) is 3.11. The second kappa shape index (κ2) is 9.65. The van der Waals surface area contributed by atoms with Crippen LogP contribution in [-0.4, -0.2) is 50.9 Å². The molecule has 7 N–H and O–H groups in total. The third kappa shape index (κ3) is 4.81. The van der Waals surface area contributed by atoms with Crippen LogP contribution in [0.3, 0.4) is 0 Å². The Hall–Kier alpha value is -4.86. The molecule has 0 saturated carbocycles. The number of nitrogens with two attached hydrogens (primary N) is 2. The molecule has 0 aliphatic heterocycles. The molecule has 37 heavy (non-hydrogen) atoms.